The van der Waals surface area contributed by atoms with Crippen LogP contribution in [0.5, 0.6) is 0 Å². The second-order valence-electron chi connectivity index (χ2n) is 7.65. The van der Waals surface area contributed by atoms with Crippen molar-refractivity contribution in [2.24, 2.45) is 11.8 Å². The highest BCUT2D eigenvalue weighted by atomic mass is 35.5. The van der Waals surface area contributed by atoms with E-state index in [0.717, 1.165) is 19.5 Å². The number of nitrogens with one attached hydrogen (secondary N) is 2. The van der Waals surface area contributed by atoms with Gasteiger partial charge in [0.25, 0.3) is 11.8 Å². The Bertz CT molecular complexity index is 669. The topological polar surface area (TPSA) is 78.5 Å². The van der Waals surface area contributed by atoms with Crippen LogP contribution in [0.2, 0.25) is 0 Å². The van der Waals surface area contributed by atoms with Crippen LogP contribution in [-0.4, -0.2) is 48.8 Å². The Morgan fingerprint density at radius 1 is 1.21 bits per heavy atom. The van der Waals surface area contributed by atoms with Crippen LogP contribution < -0.4 is 10.6 Å². The van der Waals surface area contributed by atoms with E-state index < -0.39 is 0 Å². The van der Waals surface area contributed by atoms with Crippen molar-refractivity contribution in [1.82, 2.24) is 15.5 Å². The molecule has 0 radical (unpaired) electrons. The molecule has 6 nitrogen and oxygen atoms in total. The number of fused-ring (bicyclic) bond motifs is 1. The molecule has 2 atom stereocenters. The van der Waals surface area contributed by atoms with Gasteiger partial charge in [-0.05, 0) is 62.7 Å². The number of carbonyl (C=O) groups excluding carboxylic acids is 3. The van der Waals surface area contributed by atoms with Crippen molar-refractivity contribution in [2.45, 2.75) is 39.0 Å². The quantitative estimate of drug-likeness (QED) is 0.513. The van der Waals surface area contributed by atoms with Crippen molar-refractivity contribution in [3.8, 4) is 0 Å². The van der Waals surface area contributed by atoms with Crippen molar-refractivity contribution < 1.29 is 14.4 Å². The summed E-state index contributed by atoms with van der Waals surface area (Å²) in [5, 5.41) is 6.37. The van der Waals surface area contributed by atoms with Gasteiger partial charge in [0, 0.05) is 19.5 Å². The minimum atomic E-state index is -0.213. The molecule has 28 heavy (non-hydrogen) atoms. The molecule has 2 heterocycles. The number of hydrogen-bond acceptors (Lipinski definition) is 4. The molecule has 1 saturated heterocycles. The summed E-state index contributed by atoms with van der Waals surface area (Å²) < 4.78 is 0. The molecule has 2 unspecified atom stereocenters. The highest BCUT2D eigenvalue weighted by molar-refractivity contribution is 6.21. The number of imide groups is 1. The molecule has 3 rings (SSSR count). The van der Waals surface area contributed by atoms with Crippen LogP contribution in [0, 0.1) is 11.8 Å². The van der Waals surface area contributed by atoms with Gasteiger partial charge in [-0.15, -0.1) is 12.4 Å². The van der Waals surface area contributed by atoms with Gasteiger partial charge in [-0.2, -0.15) is 0 Å². The van der Waals surface area contributed by atoms with E-state index in [-0.39, 0.29) is 30.1 Å². The van der Waals surface area contributed by atoms with Gasteiger partial charge in [-0.25, -0.2) is 0 Å². The Balaban J connectivity index is 0.00000280. The molecule has 2 N–H and O–H groups in total. The molecule has 0 aliphatic carbocycles. The van der Waals surface area contributed by atoms with Crippen LogP contribution in [-0.2, 0) is 4.79 Å². The standard InChI is InChI=1S/C21H29N3O3.ClH/c1-15(16-7-6-10-22-14-16)13-19(25)23-11-4-5-12-24-20(26)17-8-2-3-9-18(17)21(24)27;/h2-3,8-9,15-16,22H,4-7,10-14H2,1H3,(H,23,25);1H. The number of amides is 3. The number of halogens is 1. The maximum Gasteiger partial charge on any atom is 0.261 e. The third kappa shape index (κ3) is 5.32. The summed E-state index contributed by atoms with van der Waals surface area (Å²) in [4.78, 5) is 38.0. The molecule has 0 aromatic heterocycles. The second kappa shape index (κ2) is 10.6. The summed E-state index contributed by atoms with van der Waals surface area (Å²) in [7, 11) is 0. The third-order valence-corrected chi connectivity index (χ3v) is 5.66. The Morgan fingerprint density at radius 2 is 1.89 bits per heavy atom. The van der Waals surface area contributed by atoms with Crippen LogP contribution in [0.25, 0.3) is 0 Å². The fourth-order valence-electron chi connectivity index (χ4n) is 3.96. The van der Waals surface area contributed by atoms with Gasteiger partial charge >= 0.3 is 0 Å². The first-order valence-electron chi connectivity index (χ1n) is 10.0. The molecule has 154 valence electrons. The van der Waals surface area contributed by atoms with Gasteiger partial charge in [0.05, 0.1) is 11.1 Å². The Morgan fingerprint density at radius 3 is 2.50 bits per heavy atom. The molecule has 2 aliphatic rings. The number of nitrogens with zero attached hydrogens (tertiary/aromatic N) is 1. The Kier molecular flexibility index (Phi) is 8.45. The predicted molar refractivity (Wildman–Crippen MR) is 111 cm³/mol. The van der Waals surface area contributed by atoms with Gasteiger partial charge in [0.2, 0.25) is 5.91 Å². The van der Waals surface area contributed by atoms with E-state index in [2.05, 4.69) is 17.6 Å². The SMILES string of the molecule is CC(CC(=O)NCCCCN1C(=O)c2ccccc2C1=O)C1CCCNC1.Cl. The zero-order chi connectivity index (χ0) is 19.2. The molecule has 1 fully saturated rings. The average molecular weight is 408 g/mol. The minimum absolute atomic E-state index is 0. The van der Waals surface area contributed by atoms with Gasteiger partial charge < -0.3 is 10.6 Å². The first kappa shape index (κ1) is 22.4. The number of unbranched alkanes of at least 4 members (excludes halogenated alkanes) is 1. The summed E-state index contributed by atoms with van der Waals surface area (Å²) in [6.45, 7) is 5.22. The zero-order valence-corrected chi connectivity index (χ0v) is 17.2. The lowest BCUT2D eigenvalue weighted by Gasteiger charge is -2.28. The van der Waals surface area contributed by atoms with Gasteiger partial charge in [-0.1, -0.05) is 19.1 Å². The number of carbonyl (C=O) groups is 3. The van der Waals surface area contributed by atoms with E-state index in [4.69, 9.17) is 0 Å². The minimum Gasteiger partial charge on any atom is -0.356 e. The molecule has 3 amide bonds. The molecular formula is C21H30ClN3O3. The summed E-state index contributed by atoms with van der Waals surface area (Å²) >= 11 is 0. The van der Waals surface area contributed by atoms with Gasteiger partial charge in [0.1, 0.15) is 0 Å². The Labute approximate surface area is 172 Å². The highest BCUT2D eigenvalue weighted by Gasteiger charge is 2.34. The monoisotopic (exact) mass is 407 g/mol. The van der Waals surface area contributed by atoms with E-state index in [9.17, 15) is 14.4 Å². The molecule has 1 aromatic carbocycles. The van der Waals surface area contributed by atoms with Crippen molar-refractivity contribution >= 4 is 30.1 Å². The lowest BCUT2D eigenvalue weighted by molar-refractivity contribution is -0.122. The highest BCUT2D eigenvalue weighted by Crippen LogP contribution is 2.23. The van der Waals surface area contributed by atoms with E-state index >= 15 is 0 Å². The summed E-state index contributed by atoms with van der Waals surface area (Å²) in [6.07, 6.45) is 4.38. The maximum absolute atomic E-state index is 12.3. The molecule has 7 heteroatoms. The second-order valence-corrected chi connectivity index (χ2v) is 7.65. The van der Waals surface area contributed by atoms with Gasteiger partial charge in [-0.3, -0.25) is 19.3 Å². The Hall–Kier alpha value is -1.92. The van der Waals surface area contributed by atoms with E-state index in [1.165, 1.54) is 17.7 Å². The fraction of sp³-hybridized carbons (Fsp3) is 0.571. The molecule has 1 aromatic rings. The lowest BCUT2D eigenvalue weighted by atomic mass is 9.85. The largest absolute Gasteiger partial charge is 0.356 e. The fourth-order valence-corrected chi connectivity index (χ4v) is 3.96. The van der Waals surface area contributed by atoms with Gasteiger partial charge in [0.15, 0.2) is 0 Å². The van der Waals surface area contributed by atoms with Crippen molar-refractivity contribution in [3.05, 3.63) is 35.4 Å². The van der Waals surface area contributed by atoms with E-state index in [0.29, 0.717) is 48.9 Å². The number of hydrogen-bond donors (Lipinski definition) is 2. The van der Waals surface area contributed by atoms with Crippen LogP contribution in [0.1, 0.15) is 59.7 Å². The van der Waals surface area contributed by atoms with Crippen LogP contribution in [0.15, 0.2) is 24.3 Å². The lowest BCUT2D eigenvalue weighted by Crippen LogP contribution is -2.36. The summed E-state index contributed by atoms with van der Waals surface area (Å²) in [6, 6.07) is 6.93. The van der Waals surface area contributed by atoms with Crippen molar-refractivity contribution in [3.63, 3.8) is 0 Å². The summed E-state index contributed by atoms with van der Waals surface area (Å²) in [5.74, 6) is 0.632. The average Bonchev–Trinajstić information content (AvgIpc) is 2.93. The molecule has 2 aliphatic heterocycles. The number of piperidine rings is 1. The summed E-state index contributed by atoms with van der Waals surface area (Å²) in [5.41, 5.74) is 0.976. The van der Waals surface area contributed by atoms with E-state index in [1.807, 2.05) is 0 Å². The van der Waals surface area contributed by atoms with E-state index in [1.54, 1.807) is 24.3 Å². The van der Waals surface area contributed by atoms with Crippen molar-refractivity contribution in [2.75, 3.05) is 26.2 Å². The van der Waals surface area contributed by atoms with Crippen LogP contribution in [0.3, 0.4) is 0 Å². The molecular weight excluding hydrogens is 378 g/mol. The number of benzene rings is 1. The molecule has 0 bridgehead atoms. The maximum atomic E-state index is 12.3. The predicted octanol–water partition coefficient (Wildman–Crippen LogP) is 2.63. The smallest absolute Gasteiger partial charge is 0.261 e. The first-order valence-corrected chi connectivity index (χ1v) is 10.0. The normalized spacial score (nSPS) is 19.8. The molecule has 0 saturated carbocycles. The van der Waals surface area contributed by atoms with Crippen LogP contribution in [0.4, 0.5) is 0 Å². The third-order valence-electron chi connectivity index (χ3n) is 5.66. The van der Waals surface area contributed by atoms with Crippen LogP contribution >= 0.6 is 12.4 Å². The zero-order valence-electron chi connectivity index (χ0n) is 16.4. The van der Waals surface area contributed by atoms with Crippen molar-refractivity contribution in [1.29, 1.82) is 0 Å². The molecule has 0 spiro atoms. The first-order chi connectivity index (χ1) is 13.1. The number of rotatable bonds is 8.